The lowest BCUT2D eigenvalue weighted by molar-refractivity contribution is -0.131. The molecule has 17 heavy (non-hydrogen) atoms. The predicted molar refractivity (Wildman–Crippen MR) is 65.4 cm³/mol. The fourth-order valence-corrected chi connectivity index (χ4v) is 2.31. The molecule has 0 spiro atoms. The zero-order chi connectivity index (χ0) is 12.3. The summed E-state index contributed by atoms with van der Waals surface area (Å²) in [7, 11) is 0. The van der Waals surface area contributed by atoms with E-state index >= 15 is 0 Å². The van der Waals surface area contributed by atoms with Crippen LogP contribution in [-0.2, 0) is 16.0 Å². The Labute approximate surface area is 107 Å². The highest BCUT2D eigenvalue weighted by molar-refractivity contribution is 9.10. The van der Waals surface area contributed by atoms with Gasteiger partial charge in [0.1, 0.15) is 11.9 Å². The number of ether oxygens (including phenoxy) is 1. The van der Waals surface area contributed by atoms with Gasteiger partial charge in [0.15, 0.2) is 5.78 Å². The highest BCUT2D eigenvalue weighted by Crippen LogP contribution is 2.16. The van der Waals surface area contributed by atoms with Gasteiger partial charge in [0.2, 0.25) is 0 Å². The predicted octanol–water partition coefficient (Wildman–Crippen LogP) is 1.69. The molecule has 0 saturated carbocycles. The number of morpholine rings is 1. The van der Waals surface area contributed by atoms with Crippen molar-refractivity contribution >= 4 is 21.7 Å². The highest BCUT2D eigenvalue weighted by Gasteiger charge is 2.21. The number of benzene rings is 1. The van der Waals surface area contributed by atoms with Gasteiger partial charge in [-0.15, -0.1) is 0 Å². The minimum atomic E-state index is -0.411. The molecule has 1 aromatic carbocycles. The number of Topliss-reactive ketones (excluding diaryl/α,β-unsaturated/α-hetero) is 1. The molecule has 0 bridgehead atoms. The molecule has 92 valence electrons. The van der Waals surface area contributed by atoms with Crippen LogP contribution in [0.3, 0.4) is 0 Å². The van der Waals surface area contributed by atoms with E-state index in [-0.39, 0.29) is 18.0 Å². The van der Waals surface area contributed by atoms with E-state index in [4.69, 9.17) is 4.74 Å². The van der Waals surface area contributed by atoms with Gasteiger partial charge in [-0.1, -0.05) is 15.9 Å². The minimum absolute atomic E-state index is 0.0188. The van der Waals surface area contributed by atoms with Gasteiger partial charge in [-0.25, -0.2) is 4.39 Å². The molecule has 1 aliphatic heterocycles. The summed E-state index contributed by atoms with van der Waals surface area (Å²) < 4.78 is 19.1. The summed E-state index contributed by atoms with van der Waals surface area (Å²) >= 11 is 3.20. The molecule has 1 unspecified atom stereocenters. The first-order valence-corrected chi connectivity index (χ1v) is 6.24. The number of halogens is 2. The van der Waals surface area contributed by atoms with Gasteiger partial charge in [0.25, 0.3) is 0 Å². The second-order valence-electron chi connectivity index (χ2n) is 3.98. The van der Waals surface area contributed by atoms with Crippen molar-refractivity contribution in [2.24, 2.45) is 0 Å². The van der Waals surface area contributed by atoms with Crippen LogP contribution in [0.2, 0.25) is 0 Å². The third-order valence-electron chi connectivity index (χ3n) is 2.59. The van der Waals surface area contributed by atoms with E-state index < -0.39 is 6.10 Å². The van der Waals surface area contributed by atoms with Gasteiger partial charge < -0.3 is 10.1 Å². The highest BCUT2D eigenvalue weighted by atomic mass is 79.9. The molecule has 1 aliphatic rings. The van der Waals surface area contributed by atoms with Crippen LogP contribution < -0.4 is 5.32 Å². The van der Waals surface area contributed by atoms with Crippen LogP contribution in [0.1, 0.15) is 5.56 Å². The Kier molecular flexibility index (Phi) is 4.25. The van der Waals surface area contributed by atoms with Gasteiger partial charge in [-0.3, -0.25) is 4.79 Å². The maximum atomic E-state index is 13.1. The summed E-state index contributed by atoms with van der Waals surface area (Å²) in [4.78, 5) is 11.9. The van der Waals surface area contributed by atoms with Crippen LogP contribution in [0.4, 0.5) is 4.39 Å². The SMILES string of the molecule is O=C(Cc1cc(F)cc(Br)c1)C1CNCCO1. The third kappa shape index (κ3) is 3.59. The van der Waals surface area contributed by atoms with E-state index in [2.05, 4.69) is 21.2 Å². The van der Waals surface area contributed by atoms with Gasteiger partial charge >= 0.3 is 0 Å². The maximum absolute atomic E-state index is 13.1. The molecule has 1 heterocycles. The Morgan fingerprint density at radius 2 is 2.35 bits per heavy atom. The van der Waals surface area contributed by atoms with Crippen LogP contribution in [0.5, 0.6) is 0 Å². The Morgan fingerprint density at radius 1 is 1.53 bits per heavy atom. The van der Waals surface area contributed by atoms with Crippen molar-refractivity contribution in [3.05, 3.63) is 34.1 Å². The van der Waals surface area contributed by atoms with Crippen molar-refractivity contribution < 1.29 is 13.9 Å². The normalized spacial score (nSPS) is 20.2. The summed E-state index contributed by atoms with van der Waals surface area (Å²) in [5.41, 5.74) is 0.663. The second kappa shape index (κ2) is 5.71. The van der Waals surface area contributed by atoms with Crippen LogP contribution >= 0.6 is 15.9 Å². The fourth-order valence-electron chi connectivity index (χ4n) is 1.80. The second-order valence-corrected chi connectivity index (χ2v) is 4.90. The quantitative estimate of drug-likeness (QED) is 0.923. The van der Waals surface area contributed by atoms with Crippen molar-refractivity contribution in [1.82, 2.24) is 5.32 Å². The first kappa shape index (κ1) is 12.7. The molecule has 1 atom stereocenters. The molecule has 1 aromatic rings. The van der Waals surface area contributed by atoms with Gasteiger partial charge in [0.05, 0.1) is 6.61 Å². The number of hydrogen-bond acceptors (Lipinski definition) is 3. The average molecular weight is 302 g/mol. The molecule has 3 nitrogen and oxygen atoms in total. The first-order chi connectivity index (χ1) is 8.15. The maximum Gasteiger partial charge on any atom is 0.167 e. The first-order valence-electron chi connectivity index (χ1n) is 5.45. The number of rotatable bonds is 3. The summed E-state index contributed by atoms with van der Waals surface area (Å²) in [5, 5.41) is 3.10. The van der Waals surface area contributed by atoms with E-state index in [1.807, 2.05) is 0 Å². The number of hydrogen-bond donors (Lipinski definition) is 1. The monoisotopic (exact) mass is 301 g/mol. The molecule has 1 N–H and O–H groups in total. The summed E-state index contributed by atoms with van der Waals surface area (Å²) in [6.07, 6.45) is -0.214. The molecule has 5 heteroatoms. The van der Waals surface area contributed by atoms with Gasteiger partial charge in [-0.05, 0) is 23.8 Å². The van der Waals surface area contributed by atoms with Crippen molar-refractivity contribution in [3.8, 4) is 0 Å². The van der Waals surface area contributed by atoms with E-state index in [1.165, 1.54) is 12.1 Å². The Balaban J connectivity index is 2.01. The molecule has 2 rings (SSSR count). The smallest absolute Gasteiger partial charge is 0.167 e. The summed E-state index contributed by atoms with van der Waals surface area (Å²) in [6, 6.07) is 4.49. The molecular weight excluding hydrogens is 289 g/mol. The third-order valence-corrected chi connectivity index (χ3v) is 3.05. The van der Waals surface area contributed by atoms with E-state index in [0.717, 1.165) is 6.54 Å². The van der Waals surface area contributed by atoms with Crippen molar-refractivity contribution in [2.45, 2.75) is 12.5 Å². The zero-order valence-corrected chi connectivity index (χ0v) is 10.8. The van der Waals surface area contributed by atoms with Crippen LogP contribution in [-0.4, -0.2) is 31.6 Å². The van der Waals surface area contributed by atoms with Crippen LogP contribution in [0.15, 0.2) is 22.7 Å². The Hall–Kier alpha value is -0.780. The molecule has 0 radical (unpaired) electrons. The van der Waals surface area contributed by atoms with E-state index in [0.29, 0.717) is 23.2 Å². The van der Waals surface area contributed by atoms with E-state index in [9.17, 15) is 9.18 Å². The average Bonchev–Trinajstić information content (AvgIpc) is 2.28. The lowest BCUT2D eigenvalue weighted by atomic mass is 10.0. The lowest BCUT2D eigenvalue weighted by Gasteiger charge is -2.22. The largest absolute Gasteiger partial charge is 0.368 e. The summed E-state index contributed by atoms with van der Waals surface area (Å²) in [6.45, 7) is 1.86. The van der Waals surface area contributed by atoms with Gasteiger partial charge in [0, 0.05) is 24.0 Å². The molecular formula is C12H13BrFNO2. The van der Waals surface area contributed by atoms with E-state index in [1.54, 1.807) is 6.07 Å². The fraction of sp³-hybridized carbons (Fsp3) is 0.417. The van der Waals surface area contributed by atoms with Crippen LogP contribution in [0.25, 0.3) is 0 Å². The Bertz CT molecular complexity index is 399. The van der Waals surface area contributed by atoms with Gasteiger partial charge in [-0.2, -0.15) is 0 Å². The lowest BCUT2D eigenvalue weighted by Crippen LogP contribution is -2.43. The molecule has 1 saturated heterocycles. The summed E-state index contributed by atoms with van der Waals surface area (Å²) in [5.74, 6) is -0.362. The zero-order valence-electron chi connectivity index (χ0n) is 9.21. The van der Waals surface area contributed by atoms with Crippen LogP contribution in [0, 0.1) is 5.82 Å². The van der Waals surface area contributed by atoms with Crippen molar-refractivity contribution in [3.63, 3.8) is 0 Å². The van der Waals surface area contributed by atoms with Crippen molar-refractivity contribution in [1.29, 1.82) is 0 Å². The standard InChI is InChI=1S/C12H13BrFNO2/c13-9-3-8(4-10(14)6-9)5-11(16)12-7-15-1-2-17-12/h3-4,6,12,15H,1-2,5,7H2. The van der Waals surface area contributed by atoms with Crippen molar-refractivity contribution in [2.75, 3.05) is 19.7 Å². The molecule has 0 amide bonds. The number of nitrogens with one attached hydrogen (secondary N) is 1. The number of ketones is 1. The molecule has 0 aromatic heterocycles. The topological polar surface area (TPSA) is 38.3 Å². The number of carbonyl (C=O) groups is 1. The molecule has 0 aliphatic carbocycles. The number of carbonyl (C=O) groups excluding carboxylic acids is 1. The minimum Gasteiger partial charge on any atom is -0.368 e. The Morgan fingerprint density at radius 3 is 3.00 bits per heavy atom. The molecule has 1 fully saturated rings.